The number of nitrogens with one attached hydrogen (secondary N) is 3. The Hall–Kier alpha value is -2.41. The summed E-state index contributed by atoms with van der Waals surface area (Å²) in [7, 11) is 2.07. The van der Waals surface area contributed by atoms with E-state index in [0.29, 0.717) is 5.82 Å². The summed E-state index contributed by atoms with van der Waals surface area (Å²) in [6.07, 6.45) is 1.53. The summed E-state index contributed by atoms with van der Waals surface area (Å²) in [6.45, 7) is 3.56. The van der Waals surface area contributed by atoms with Crippen LogP contribution in [-0.2, 0) is 10.2 Å². The highest BCUT2D eigenvalue weighted by Gasteiger charge is 2.42. The fourth-order valence-corrected chi connectivity index (χ4v) is 3.30. The molecule has 7 heteroatoms. The lowest BCUT2D eigenvalue weighted by Gasteiger charge is -2.40. The van der Waals surface area contributed by atoms with Gasteiger partial charge in [0, 0.05) is 0 Å². The number of hydrogen-bond acceptors (Lipinski definition) is 4. The summed E-state index contributed by atoms with van der Waals surface area (Å²) < 4.78 is 0. The molecule has 3 N–H and O–H groups in total. The number of benzene rings is 1. The maximum Gasteiger partial charge on any atom is 0.340 e. The van der Waals surface area contributed by atoms with E-state index < -0.39 is 5.41 Å². The number of aromatic amines is 2. The molecule has 0 radical (unpaired) electrons. The summed E-state index contributed by atoms with van der Waals surface area (Å²) in [4.78, 5) is 29.2. The van der Waals surface area contributed by atoms with E-state index in [1.54, 1.807) is 0 Å². The summed E-state index contributed by atoms with van der Waals surface area (Å²) in [5.74, 6) is 0.419. The van der Waals surface area contributed by atoms with Gasteiger partial charge in [-0.3, -0.25) is 9.78 Å². The Morgan fingerprint density at radius 1 is 1.29 bits per heavy atom. The normalized spacial score (nSPS) is 18.9. The molecule has 1 fully saturated rings. The van der Waals surface area contributed by atoms with Crippen LogP contribution in [0.15, 0.2) is 35.1 Å². The highest BCUT2D eigenvalue weighted by Crippen LogP contribution is 2.36. The van der Waals surface area contributed by atoms with Gasteiger partial charge in [0.2, 0.25) is 5.91 Å². The fraction of sp³-hybridized carbons (Fsp3) is 0.471. The van der Waals surface area contributed by atoms with E-state index in [0.717, 1.165) is 31.5 Å². The van der Waals surface area contributed by atoms with E-state index in [-0.39, 0.29) is 17.6 Å². The molecule has 1 saturated heterocycles. The highest BCUT2D eigenvalue weighted by molar-refractivity contribution is 5.88. The van der Waals surface area contributed by atoms with Gasteiger partial charge < -0.3 is 10.2 Å². The molecule has 0 saturated carbocycles. The van der Waals surface area contributed by atoms with Gasteiger partial charge in [-0.25, -0.2) is 9.89 Å². The average Bonchev–Trinajstić information content (AvgIpc) is 3.03. The zero-order valence-corrected chi connectivity index (χ0v) is 14.0. The van der Waals surface area contributed by atoms with Crippen LogP contribution in [0.3, 0.4) is 0 Å². The van der Waals surface area contributed by atoms with Crippen LogP contribution in [0.4, 0.5) is 0 Å². The van der Waals surface area contributed by atoms with Gasteiger partial charge in [0.25, 0.3) is 0 Å². The molecule has 1 aliphatic heterocycles. The minimum Gasteiger partial charge on any atom is -0.346 e. The van der Waals surface area contributed by atoms with Crippen LogP contribution in [0.2, 0.25) is 0 Å². The molecule has 1 amide bonds. The zero-order valence-electron chi connectivity index (χ0n) is 14.0. The van der Waals surface area contributed by atoms with Gasteiger partial charge >= 0.3 is 5.69 Å². The minimum atomic E-state index is -0.543. The number of nitrogens with zero attached hydrogens (tertiary/aromatic N) is 2. The van der Waals surface area contributed by atoms with Crippen LogP contribution in [0.25, 0.3) is 0 Å². The number of aromatic nitrogens is 3. The molecule has 1 unspecified atom stereocenters. The van der Waals surface area contributed by atoms with Crippen LogP contribution in [0.5, 0.6) is 0 Å². The molecule has 1 aromatic heterocycles. The molecule has 128 valence electrons. The first-order chi connectivity index (χ1) is 11.5. The van der Waals surface area contributed by atoms with Crippen molar-refractivity contribution in [2.45, 2.75) is 31.2 Å². The second-order valence-electron chi connectivity index (χ2n) is 6.51. The first-order valence-corrected chi connectivity index (χ1v) is 8.21. The Morgan fingerprint density at radius 2 is 1.96 bits per heavy atom. The van der Waals surface area contributed by atoms with Gasteiger partial charge in [-0.1, -0.05) is 30.3 Å². The molecule has 1 aromatic carbocycles. The summed E-state index contributed by atoms with van der Waals surface area (Å²) in [5, 5.41) is 9.26. The average molecular weight is 329 g/mol. The van der Waals surface area contributed by atoms with Crippen molar-refractivity contribution < 1.29 is 4.79 Å². The van der Waals surface area contributed by atoms with Crippen LogP contribution < -0.4 is 11.0 Å². The van der Waals surface area contributed by atoms with Crippen molar-refractivity contribution in [1.29, 1.82) is 0 Å². The molecular formula is C17H23N5O2. The largest absolute Gasteiger partial charge is 0.346 e. The molecule has 1 aliphatic rings. The standard InChI is InChI=1S/C17H23N5O2/c1-12(14-19-16(24)21-20-14)18-15(23)17(8-10-22(2)11-9-17)13-6-4-3-5-7-13/h3-7,12H,8-11H2,1-2H3,(H,18,23)(H2,19,20,21,24). The van der Waals surface area contributed by atoms with E-state index in [9.17, 15) is 9.59 Å². The molecule has 1 atom stereocenters. The van der Waals surface area contributed by atoms with E-state index in [1.165, 1.54) is 0 Å². The Balaban J connectivity index is 1.85. The third-order valence-corrected chi connectivity index (χ3v) is 4.88. The number of likely N-dealkylation sites (tertiary alicyclic amines) is 1. The Bertz CT molecular complexity index is 744. The zero-order chi connectivity index (χ0) is 17.2. The highest BCUT2D eigenvalue weighted by atomic mass is 16.2. The van der Waals surface area contributed by atoms with Crippen molar-refractivity contribution in [2.75, 3.05) is 20.1 Å². The van der Waals surface area contributed by atoms with Crippen LogP contribution >= 0.6 is 0 Å². The van der Waals surface area contributed by atoms with Gasteiger partial charge in [-0.05, 0) is 45.5 Å². The van der Waals surface area contributed by atoms with E-state index >= 15 is 0 Å². The Morgan fingerprint density at radius 3 is 2.54 bits per heavy atom. The van der Waals surface area contributed by atoms with E-state index in [2.05, 4.69) is 32.4 Å². The quantitative estimate of drug-likeness (QED) is 0.778. The molecule has 0 spiro atoms. The first kappa shape index (κ1) is 16.4. The minimum absolute atomic E-state index is 0.0156. The maximum atomic E-state index is 13.2. The SMILES string of the molecule is CC(NC(=O)C1(c2ccccc2)CCN(C)CC1)c1n[nH]c(=O)[nH]1. The first-order valence-electron chi connectivity index (χ1n) is 8.21. The van der Waals surface area contributed by atoms with Crippen molar-refractivity contribution in [2.24, 2.45) is 0 Å². The van der Waals surface area contributed by atoms with Crippen LogP contribution in [-0.4, -0.2) is 46.1 Å². The molecule has 0 aliphatic carbocycles. The monoisotopic (exact) mass is 329 g/mol. The maximum absolute atomic E-state index is 13.2. The molecular weight excluding hydrogens is 306 g/mol. The Labute approximate surface area is 140 Å². The van der Waals surface area contributed by atoms with Crippen molar-refractivity contribution in [3.63, 3.8) is 0 Å². The van der Waals surface area contributed by atoms with Crippen LogP contribution in [0.1, 0.15) is 37.2 Å². The topological polar surface area (TPSA) is 93.9 Å². The third-order valence-electron chi connectivity index (χ3n) is 4.88. The van der Waals surface area contributed by atoms with E-state index in [4.69, 9.17) is 0 Å². The molecule has 2 aromatic rings. The lowest BCUT2D eigenvalue weighted by molar-refractivity contribution is -0.129. The van der Waals surface area contributed by atoms with Crippen LogP contribution in [0, 0.1) is 0 Å². The number of carbonyl (C=O) groups is 1. The predicted molar refractivity (Wildman–Crippen MR) is 90.6 cm³/mol. The molecule has 7 nitrogen and oxygen atoms in total. The molecule has 24 heavy (non-hydrogen) atoms. The smallest absolute Gasteiger partial charge is 0.340 e. The number of amides is 1. The number of H-pyrrole nitrogens is 2. The number of piperidine rings is 1. The summed E-state index contributed by atoms with van der Waals surface area (Å²) >= 11 is 0. The number of carbonyl (C=O) groups excluding carboxylic acids is 1. The fourth-order valence-electron chi connectivity index (χ4n) is 3.30. The Kier molecular flexibility index (Phi) is 4.53. The van der Waals surface area contributed by atoms with Crippen molar-refractivity contribution in [3.8, 4) is 0 Å². The van der Waals surface area contributed by atoms with Crippen molar-refractivity contribution in [3.05, 3.63) is 52.2 Å². The molecule has 2 heterocycles. The third kappa shape index (κ3) is 3.12. The van der Waals surface area contributed by atoms with Gasteiger partial charge in [0.15, 0.2) is 5.82 Å². The van der Waals surface area contributed by atoms with Gasteiger partial charge in [0.1, 0.15) is 0 Å². The lowest BCUT2D eigenvalue weighted by atomic mass is 9.72. The molecule has 0 bridgehead atoms. The van der Waals surface area contributed by atoms with Gasteiger partial charge in [-0.15, -0.1) is 0 Å². The lowest BCUT2D eigenvalue weighted by Crippen LogP contribution is -2.51. The van der Waals surface area contributed by atoms with Crippen molar-refractivity contribution >= 4 is 5.91 Å². The van der Waals surface area contributed by atoms with Crippen molar-refractivity contribution in [1.82, 2.24) is 25.4 Å². The summed E-state index contributed by atoms with van der Waals surface area (Å²) in [6, 6.07) is 9.57. The van der Waals surface area contributed by atoms with Gasteiger partial charge in [-0.2, -0.15) is 5.10 Å². The second kappa shape index (κ2) is 6.60. The summed E-state index contributed by atoms with van der Waals surface area (Å²) in [5.41, 5.74) is 0.125. The second-order valence-corrected chi connectivity index (χ2v) is 6.51. The number of rotatable bonds is 4. The number of hydrogen-bond donors (Lipinski definition) is 3. The van der Waals surface area contributed by atoms with Gasteiger partial charge in [0.05, 0.1) is 11.5 Å². The van der Waals surface area contributed by atoms with E-state index in [1.807, 2.05) is 37.3 Å². The molecule has 3 rings (SSSR count). The predicted octanol–water partition coefficient (Wildman–Crippen LogP) is 0.939.